The van der Waals surface area contributed by atoms with Gasteiger partial charge in [-0.1, -0.05) is 18.2 Å². The van der Waals surface area contributed by atoms with Gasteiger partial charge in [0, 0.05) is 13.1 Å². The van der Waals surface area contributed by atoms with Crippen molar-refractivity contribution in [3.8, 4) is 5.75 Å². The first-order valence-corrected chi connectivity index (χ1v) is 12.3. The molecule has 0 unspecified atom stereocenters. The number of amides is 1. The highest BCUT2D eigenvalue weighted by Gasteiger charge is 2.30. The average Bonchev–Trinajstić information content (AvgIpc) is 2.84. The number of nitrogens with one attached hydrogen (secondary N) is 1. The Morgan fingerprint density at radius 2 is 1.82 bits per heavy atom. The van der Waals surface area contributed by atoms with Crippen molar-refractivity contribution in [3.05, 3.63) is 59.7 Å². The van der Waals surface area contributed by atoms with Gasteiger partial charge in [-0.15, -0.1) is 0 Å². The molecular weight excluding hydrogens is 446 g/mol. The molecule has 0 aromatic heterocycles. The predicted molar refractivity (Wildman–Crippen MR) is 122 cm³/mol. The van der Waals surface area contributed by atoms with Crippen LogP contribution < -0.4 is 16.0 Å². The Morgan fingerprint density at radius 1 is 1.12 bits per heavy atom. The summed E-state index contributed by atoms with van der Waals surface area (Å²) in [5.74, 6) is 4.78. The number of hydrazine groups is 1. The van der Waals surface area contributed by atoms with E-state index in [1.807, 2.05) is 11.5 Å². The Kier molecular flexibility index (Phi) is 8.43. The van der Waals surface area contributed by atoms with E-state index in [1.54, 1.807) is 31.2 Å². The summed E-state index contributed by atoms with van der Waals surface area (Å²) in [5, 5.41) is 0. The van der Waals surface area contributed by atoms with Crippen LogP contribution in [0.3, 0.4) is 0 Å². The van der Waals surface area contributed by atoms with E-state index in [0.717, 1.165) is 0 Å². The second-order valence-corrected chi connectivity index (χ2v) is 9.64. The highest BCUT2D eigenvalue weighted by molar-refractivity contribution is 7.89. The molecule has 1 saturated heterocycles. The fraction of sp³-hybridized carbons (Fsp3) is 0.391. The van der Waals surface area contributed by atoms with Gasteiger partial charge in [-0.3, -0.25) is 10.2 Å². The van der Waals surface area contributed by atoms with Crippen molar-refractivity contribution in [3.63, 3.8) is 0 Å². The molecule has 1 aliphatic heterocycles. The zero-order chi connectivity index (χ0) is 23.8. The van der Waals surface area contributed by atoms with Crippen LogP contribution in [0.5, 0.6) is 5.75 Å². The number of nitrogen functional groups attached to an aromatic ring is 1. The molecule has 3 N–H and O–H groups in total. The molecule has 0 bridgehead atoms. The van der Waals surface area contributed by atoms with Crippen molar-refractivity contribution < 1.29 is 27.5 Å². The normalized spacial score (nSPS) is 15.1. The minimum Gasteiger partial charge on any atom is -0.493 e. The molecule has 1 fully saturated rings. The summed E-state index contributed by atoms with van der Waals surface area (Å²) in [5.41, 5.74) is 2.59. The predicted octanol–water partition coefficient (Wildman–Crippen LogP) is 2.34. The number of sulfonamides is 1. The van der Waals surface area contributed by atoms with Crippen molar-refractivity contribution in [1.82, 2.24) is 9.73 Å². The first-order chi connectivity index (χ1) is 15.9. The summed E-state index contributed by atoms with van der Waals surface area (Å²) >= 11 is 0. The van der Waals surface area contributed by atoms with Crippen molar-refractivity contribution in [2.24, 2.45) is 11.8 Å². The highest BCUT2D eigenvalue weighted by Crippen LogP contribution is 2.28. The number of nitrogens with zero attached hydrogens (tertiary/aromatic N) is 1. The largest absolute Gasteiger partial charge is 0.493 e. The van der Waals surface area contributed by atoms with Gasteiger partial charge in [-0.25, -0.2) is 19.1 Å². The lowest BCUT2D eigenvalue weighted by atomic mass is 9.95. The number of hydrogen-bond acceptors (Lipinski definition) is 7. The maximum Gasteiger partial charge on any atom is 0.338 e. The zero-order valence-corrected chi connectivity index (χ0v) is 19.3. The van der Waals surface area contributed by atoms with Crippen molar-refractivity contribution >= 4 is 21.9 Å². The first-order valence-electron chi connectivity index (χ1n) is 10.9. The standard InChI is InChI=1S/C23H29N3O6S/c1-2-31-21-9-8-19(16-20(21)22(27)25-24)33(29,30)26-13-10-17(11-14-26)12-15-32-23(28)18-6-4-3-5-7-18/h3-9,16-17H,2,10-15,24H2,1H3,(H,25,27). The van der Waals surface area contributed by atoms with Gasteiger partial charge < -0.3 is 9.47 Å². The van der Waals surface area contributed by atoms with E-state index in [4.69, 9.17) is 15.3 Å². The number of nitrogens with two attached hydrogens (primary N) is 1. The minimum absolute atomic E-state index is 0.0137. The van der Waals surface area contributed by atoms with Gasteiger partial charge in [0.05, 0.1) is 29.2 Å². The molecule has 1 heterocycles. The van der Waals surface area contributed by atoms with E-state index in [2.05, 4.69) is 0 Å². The number of carbonyl (C=O) groups is 2. The molecule has 0 atom stereocenters. The van der Waals surface area contributed by atoms with Gasteiger partial charge in [0.15, 0.2) is 0 Å². The van der Waals surface area contributed by atoms with E-state index < -0.39 is 15.9 Å². The van der Waals surface area contributed by atoms with Crippen LogP contribution in [0.15, 0.2) is 53.4 Å². The molecular formula is C23H29N3O6S. The van der Waals surface area contributed by atoms with Crippen molar-refractivity contribution in [2.45, 2.75) is 31.1 Å². The molecule has 0 radical (unpaired) electrons. The maximum absolute atomic E-state index is 13.1. The van der Waals surface area contributed by atoms with E-state index in [0.29, 0.717) is 51.1 Å². The van der Waals surface area contributed by atoms with Gasteiger partial charge in [0.2, 0.25) is 10.0 Å². The average molecular weight is 476 g/mol. The van der Waals surface area contributed by atoms with Gasteiger partial charge >= 0.3 is 5.97 Å². The molecule has 2 aromatic rings. The summed E-state index contributed by atoms with van der Waals surface area (Å²) in [6.07, 6.45) is 2.00. The molecule has 2 aromatic carbocycles. The number of ether oxygens (including phenoxy) is 2. The number of carbonyl (C=O) groups excluding carboxylic acids is 2. The summed E-state index contributed by atoms with van der Waals surface area (Å²) in [4.78, 5) is 24.1. The number of rotatable bonds is 9. The van der Waals surface area contributed by atoms with Crippen LogP contribution in [0.4, 0.5) is 0 Å². The molecule has 0 spiro atoms. The van der Waals surface area contributed by atoms with Crippen LogP contribution in [-0.2, 0) is 14.8 Å². The molecule has 1 amide bonds. The second kappa shape index (κ2) is 11.3. The molecule has 9 nitrogen and oxygen atoms in total. The number of piperidine rings is 1. The third-order valence-corrected chi connectivity index (χ3v) is 7.50. The minimum atomic E-state index is -3.78. The molecule has 10 heteroatoms. The molecule has 0 aliphatic carbocycles. The van der Waals surface area contributed by atoms with Crippen molar-refractivity contribution in [1.29, 1.82) is 0 Å². The third-order valence-electron chi connectivity index (χ3n) is 5.61. The van der Waals surface area contributed by atoms with Crippen LogP contribution in [-0.4, -0.2) is 50.9 Å². The Bertz CT molecular complexity index is 1070. The molecule has 0 saturated carbocycles. The SMILES string of the molecule is CCOc1ccc(S(=O)(=O)N2CCC(CCOC(=O)c3ccccc3)CC2)cc1C(=O)NN. The smallest absolute Gasteiger partial charge is 0.338 e. The summed E-state index contributed by atoms with van der Waals surface area (Å²) in [6.45, 7) is 3.09. The fourth-order valence-corrected chi connectivity index (χ4v) is 5.27. The van der Waals surface area contributed by atoms with E-state index >= 15 is 0 Å². The fourth-order valence-electron chi connectivity index (χ4n) is 3.77. The van der Waals surface area contributed by atoms with Crippen LogP contribution in [0.25, 0.3) is 0 Å². The Hall–Kier alpha value is -2.95. The molecule has 3 rings (SSSR count). The Labute approximate surface area is 193 Å². The van der Waals surface area contributed by atoms with Crippen molar-refractivity contribution in [2.75, 3.05) is 26.3 Å². The van der Waals surface area contributed by atoms with Gasteiger partial charge in [0.25, 0.3) is 5.91 Å². The monoisotopic (exact) mass is 475 g/mol. The number of benzene rings is 2. The molecule has 33 heavy (non-hydrogen) atoms. The van der Waals surface area contributed by atoms with Crippen LogP contribution in [0, 0.1) is 5.92 Å². The number of hydrogen-bond donors (Lipinski definition) is 2. The molecule has 1 aliphatic rings. The van der Waals surface area contributed by atoms with E-state index in [9.17, 15) is 18.0 Å². The first kappa shape index (κ1) is 24.7. The van der Waals surface area contributed by atoms with E-state index in [1.165, 1.54) is 22.5 Å². The Balaban J connectivity index is 1.57. The Morgan fingerprint density at radius 3 is 2.45 bits per heavy atom. The number of esters is 1. The highest BCUT2D eigenvalue weighted by atomic mass is 32.2. The quantitative estimate of drug-likeness (QED) is 0.247. The van der Waals surface area contributed by atoms with Gasteiger partial charge in [-0.2, -0.15) is 4.31 Å². The summed E-state index contributed by atoms with van der Waals surface area (Å²) in [7, 11) is -3.78. The van der Waals surface area contributed by atoms with Crippen LogP contribution in [0.2, 0.25) is 0 Å². The third kappa shape index (κ3) is 6.10. The molecule has 178 valence electrons. The summed E-state index contributed by atoms with van der Waals surface area (Å²) in [6, 6.07) is 13.0. The van der Waals surface area contributed by atoms with Gasteiger partial charge in [-0.05, 0) is 62.4 Å². The van der Waals surface area contributed by atoms with Crippen LogP contribution in [0.1, 0.15) is 46.9 Å². The van der Waals surface area contributed by atoms with Crippen LogP contribution >= 0.6 is 0 Å². The maximum atomic E-state index is 13.1. The van der Waals surface area contributed by atoms with Gasteiger partial charge in [0.1, 0.15) is 5.75 Å². The zero-order valence-electron chi connectivity index (χ0n) is 18.5. The second-order valence-electron chi connectivity index (χ2n) is 7.70. The summed E-state index contributed by atoms with van der Waals surface area (Å²) < 4.78 is 38.4. The lowest BCUT2D eigenvalue weighted by Gasteiger charge is -2.31. The van der Waals surface area contributed by atoms with E-state index in [-0.39, 0.29) is 28.1 Å². The lowest BCUT2D eigenvalue weighted by Crippen LogP contribution is -2.39. The lowest BCUT2D eigenvalue weighted by molar-refractivity contribution is 0.0472. The topological polar surface area (TPSA) is 128 Å².